The summed E-state index contributed by atoms with van der Waals surface area (Å²) >= 11 is 0. The van der Waals surface area contributed by atoms with E-state index in [4.69, 9.17) is 9.84 Å². The first kappa shape index (κ1) is 11.6. The molecule has 0 bridgehead atoms. The van der Waals surface area contributed by atoms with Gasteiger partial charge in [-0.2, -0.15) is 4.98 Å². The lowest BCUT2D eigenvalue weighted by Crippen LogP contribution is -2.39. The summed E-state index contributed by atoms with van der Waals surface area (Å²) in [6, 6.07) is 1.67. The van der Waals surface area contributed by atoms with Crippen LogP contribution < -0.4 is 9.64 Å². The fourth-order valence-electron chi connectivity index (χ4n) is 1.96. The van der Waals surface area contributed by atoms with E-state index in [1.807, 2.05) is 4.90 Å². The summed E-state index contributed by atoms with van der Waals surface area (Å²) in [6.45, 7) is 1.25. The maximum atomic E-state index is 11.0. The lowest BCUT2D eigenvalue weighted by Gasteiger charge is -2.30. The van der Waals surface area contributed by atoms with Crippen LogP contribution in [0.15, 0.2) is 12.3 Å². The van der Waals surface area contributed by atoms with Crippen molar-refractivity contribution in [2.45, 2.75) is 12.8 Å². The number of piperidine rings is 1. The van der Waals surface area contributed by atoms with Gasteiger partial charge in [-0.3, -0.25) is 4.79 Å². The summed E-state index contributed by atoms with van der Waals surface area (Å²) in [7, 11) is 1.54. The zero-order valence-electron chi connectivity index (χ0n) is 9.67. The third-order valence-corrected chi connectivity index (χ3v) is 2.88. The number of methoxy groups -OCH3 is 1. The number of nitrogens with zero attached hydrogens (tertiary/aromatic N) is 3. The van der Waals surface area contributed by atoms with E-state index in [1.165, 1.54) is 0 Å². The van der Waals surface area contributed by atoms with Gasteiger partial charge < -0.3 is 14.7 Å². The highest BCUT2D eigenvalue weighted by Gasteiger charge is 2.26. The summed E-state index contributed by atoms with van der Waals surface area (Å²) in [5.74, 6) is -0.0566. The van der Waals surface area contributed by atoms with E-state index in [2.05, 4.69) is 9.97 Å². The number of carboxylic acid groups (broad SMARTS) is 1. The van der Waals surface area contributed by atoms with Crippen molar-refractivity contribution in [2.24, 2.45) is 5.92 Å². The van der Waals surface area contributed by atoms with Gasteiger partial charge in [-0.25, -0.2) is 4.98 Å². The molecule has 92 valence electrons. The van der Waals surface area contributed by atoms with Crippen LogP contribution in [0.4, 0.5) is 5.95 Å². The van der Waals surface area contributed by atoms with E-state index in [0.717, 1.165) is 19.4 Å². The van der Waals surface area contributed by atoms with Crippen molar-refractivity contribution in [3.8, 4) is 5.88 Å². The molecule has 2 rings (SSSR count). The third-order valence-electron chi connectivity index (χ3n) is 2.88. The Balaban J connectivity index is 2.13. The number of carbonyl (C=O) groups is 1. The highest BCUT2D eigenvalue weighted by atomic mass is 16.5. The van der Waals surface area contributed by atoms with Crippen LogP contribution in [0.5, 0.6) is 5.88 Å². The molecule has 0 aromatic carbocycles. The summed E-state index contributed by atoms with van der Waals surface area (Å²) < 4.78 is 5.03. The van der Waals surface area contributed by atoms with E-state index in [1.54, 1.807) is 19.4 Å². The summed E-state index contributed by atoms with van der Waals surface area (Å²) in [4.78, 5) is 21.2. The first-order valence-corrected chi connectivity index (χ1v) is 5.55. The van der Waals surface area contributed by atoms with Crippen LogP contribution in [-0.4, -0.2) is 41.2 Å². The molecule has 1 aliphatic rings. The summed E-state index contributed by atoms with van der Waals surface area (Å²) in [5.41, 5.74) is 0. The largest absolute Gasteiger partial charge is 0.481 e. The molecule has 2 heterocycles. The maximum absolute atomic E-state index is 11.0. The van der Waals surface area contributed by atoms with Crippen LogP contribution in [0.3, 0.4) is 0 Å². The highest BCUT2D eigenvalue weighted by Crippen LogP contribution is 2.21. The lowest BCUT2D eigenvalue weighted by molar-refractivity contribution is -0.141. The fraction of sp³-hybridized carbons (Fsp3) is 0.545. The Bertz CT molecular complexity index is 411. The Morgan fingerprint density at radius 1 is 1.65 bits per heavy atom. The number of ether oxygens (including phenoxy) is 1. The molecule has 0 spiro atoms. The highest BCUT2D eigenvalue weighted by molar-refractivity contribution is 5.71. The van der Waals surface area contributed by atoms with Crippen molar-refractivity contribution >= 4 is 11.9 Å². The average Bonchev–Trinajstić information content (AvgIpc) is 2.39. The quantitative estimate of drug-likeness (QED) is 0.837. The Morgan fingerprint density at radius 3 is 3.18 bits per heavy atom. The van der Waals surface area contributed by atoms with Gasteiger partial charge in [0, 0.05) is 25.4 Å². The maximum Gasteiger partial charge on any atom is 0.308 e. The topological polar surface area (TPSA) is 75.5 Å². The molecule has 1 saturated heterocycles. The zero-order chi connectivity index (χ0) is 12.3. The average molecular weight is 237 g/mol. The predicted molar refractivity (Wildman–Crippen MR) is 61.2 cm³/mol. The van der Waals surface area contributed by atoms with Crippen LogP contribution in [0.1, 0.15) is 12.8 Å². The Morgan fingerprint density at radius 2 is 2.47 bits per heavy atom. The summed E-state index contributed by atoms with van der Waals surface area (Å²) in [6.07, 6.45) is 3.18. The minimum Gasteiger partial charge on any atom is -0.481 e. The number of hydrogen-bond acceptors (Lipinski definition) is 5. The van der Waals surface area contributed by atoms with Gasteiger partial charge in [0.2, 0.25) is 11.8 Å². The van der Waals surface area contributed by atoms with Gasteiger partial charge in [0.25, 0.3) is 0 Å². The van der Waals surface area contributed by atoms with Gasteiger partial charge in [-0.15, -0.1) is 0 Å². The van der Waals surface area contributed by atoms with Crippen LogP contribution in [0.2, 0.25) is 0 Å². The second kappa shape index (κ2) is 4.99. The molecular formula is C11H15N3O3. The number of anilines is 1. The lowest BCUT2D eigenvalue weighted by atomic mass is 9.99. The van der Waals surface area contributed by atoms with Crippen LogP contribution >= 0.6 is 0 Å². The zero-order valence-corrected chi connectivity index (χ0v) is 9.67. The van der Waals surface area contributed by atoms with Crippen molar-refractivity contribution in [3.05, 3.63) is 12.3 Å². The molecule has 1 atom stereocenters. The normalized spacial score (nSPS) is 20.1. The molecule has 1 fully saturated rings. The summed E-state index contributed by atoms with van der Waals surface area (Å²) in [5, 5.41) is 9.01. The van der Waals surface area contributed by atoms with Crippen molar-refractivity contribution in [3.63, 3.8) is 0 Å². The smallest absolute Gasteiger partial charge is 0.308 e. The Labute approximate surface area is 99.2 Å². The van der Waals surface area contributed by atoms with E-state index >= 15 is 0 Å². The minimum absolute atomic E-state index is 0.335. The Kier molecular flexibility index (Phi) is 3.41. The monoisotopic (exact) mass is 237 g/mol. The molecule has 0 radical (unpaired) electrons. The molecule has 1 N–H and O–H groups in total. The van der Waals surface area contributed by atoms with Gasteiger partial charge in [0.1, 0.15) is 0 Å². The van der Waals surface area contributed by atoms with E-state index in [-0.39, 0.29) is 5.92 Å². The first-order valence-electron chi connectivity index (χ1n) is 5.55. The molecule has 0 amide bonds. The van der Waals surface area contributed by atoms with Gasteiger partial charge >= 0.3 is 5.97 Å². The third kappa shape index (κ3) is 2.64. The molecule has 6 heteroatoms. The SMILES string of the molecule is COc1ccnc(N2CCC[C@H](C(=O)O)C2)n1. The number of aromatic nitrogens is 2. The van der Waals surface area contributed by atoms with Crippen molar-refractivity contribution in [1.29, 1.82) is 0 Å². The molecule has 1 aromatic rings. The molecule has 1 aliphatic heterocycles. The van der Waals surface area contributed by atoms with E-state index in [9.17, 15) is 4.79 Å². The number of hydrogen-bond donors (Lipinski definition) is 1. The number of rotatable bonds is 3. The van der Waals surface area contributed by atoms with Crippen molar-refractivity contribution < 1.29 is 14.6 Å². The second-order valence-electron chi connectivity index (χ2n) is 4.02. The molecular weight excluding hydrogens is 222 g/mol. The number of aliphatic carboxylic acids is 1. The first-order chi connectivity index (χ1) is 8.20. The van der Waals surface area contributed by atoms with Gasteiger partial charge in [-0.05, 0) is 12.8 Å². The van der Waals surface area contributed by atoms with Crippen LogP contribution in [0.25, 0.3) is 0 Å². The van der Waals surface area contributed by atoms with E-state index in [0.29, 0.717) is 18.4 Å². The van der Waals surface area contributed by atoms with Gasteiger partial charge in [0.05, 0.1) is 13.0 Å². The Hall–Kier alpha value is -1.85. The molecule has 17 heavy (non-hydrogen) atoms. The molecule has 0 aliphatic carbocycles. The fourth-order valence-corrected chi connectivity index (χ4v) is 1.96. The minimum atomic E-state index is -0.752. The molecule has 6 nitrogen and oxygen atoms in total. The van der Waals surface area contributed by atoms with E-state index < -0.39 is 5.97 Å². The molecule has 0 unspecified atom stereocenters. The predicted octanol–water partition coefficient (Wildman–Crippen LogP) is 0.786. The molecule has 0 saturated carbocycles. The molecule has 1 aromatic heterocycles. The number of carboxylic acids is 1. The second-order valence-corrected chi connectivity index (χ2v) is 4.02. The van der Waals surface area contributed by atoms with Gasteiger partial charge in [0.15, 0.2) is 0 Å². The van der Waals surface area contributed by atoms with Crippen molar-refractivity contribution in [1.82, 2.24) is 9.97 Å². The van der Waals surface area contributed by atoms with Crippen LogP contribution in [0, 0.1) is 5.92 Å². The van der Waals surface area contributed by atoms with Crippen molar-refractivity contribution in [2.75, 3.05) is 25.1 Å². The standard InChI is InChI=1S/C11H15N3O3/c1-17-9-4-5-12-11(13-9)14-6-2-3-8(7-14)10(15)16/h4-5,8H,2-3,6-7H2,1H3,(H,15,16)/t8-/m0/s1. The van der Waals surface area contributed by atoms with Crippen LogP contribution in [-0.2, 0) is 4.79 Å². The van der Waals surface area contributed by atoms with Gasteiger partial charge in [-0.1, -0.05) is 0 Å².